The molecule has 0 bridgehead atoms. The van der Waals surface area contributed by atoms with Gasteiger partial charge in [0, 0.05) is 13.2 Å². The first-order chi connectivity index (χ1) is 5.93. The predicted molar refractivity (Wildman–Crippen MR) is 49.3 cm³/mol. The van der Waals surface area contributed by atoms with Crippen molar-refractivity contribution >= 4 is 0 Å². The van der Waals surface area contributed by atoms with Gasteiger partial charge < -0.3 is 9.47 Å². The van der Waals surface area contributed by atoms with Crippen molar-refractivity contribution in [3.8, 4) is 0 Å². The van der Waals surface area contributed by atoms with Crippen LogP contribution >= 0.6 is 0 Å². The van der Waals surface area contributed by atoms with Crippen LogP contribution in [0.1, 0.15) is 39.0 Å². The summed E-state index contributed by atoms with van der Waals surface area (Å²) in [5.74, 6) is 0. The fourth-order valence-corrected chi connectivity index (χ4v) is 1.44. The highest BCUT2D eigenvalue weighted by Gasteiger charge is 2.14. The topological polar surface area (TPSA) is 18.5 Å². The molecule has 0 aromatic carbocycles. The van der Waals surface area contributed by atoms with Crippen LogP contribution in [0.2, 0.25) is 0 Å². The molecular formula is C10H20O2. The van der Waals surface area contributed by atoms with Gasteiger partial charge in [0.1, 0.15) is 0 Å². The lowest BCUT2D eigenvalue weighted by molar-refractivity contribution is 0.0162. The summed E-state index contributed by atoms with van der Waals surface area (Å²) in [5, 5.41) is 0. The van der Waals surface area contributed by atoms with Gasteiger partial charge in [-0.25, -0.2) is 0 Å². The Morgan fingerprint density at radius 2 is 2.33 bits per heavy atom. The maximum atomic E-state index is 5.49. The van der Waals surface area contributed by atoms with Crippen LogP contribution in [-0.2, 0) is 9.47 Å². The Morgan fingerprint density at radius 1 is 1.42 bits per heavy atom. The number of unbranched alkanes of at least 4 members (excludes halogenated alkanes) is 2. The second-order valence-corrected chi connectivity index (χ2v) is 3.42. The molecule has 0 aliphatic carbocycles. The number of hydrogen-bond acceptors (Lipinski definition) is 2. The van der Waals surface area contributed by atoms with Crippen LogP contribution < -0.4 is 0 Å². The van der Waals surface area contributed by atoms with Crippen molar-refractivity contribution in [2.24, 2.45) is 0 Å². The van der Waals surface area contributed by atoms with Gasteiger partial charge in [0.15, 0.2) is 0 Å². The van der Waals surface area contributed by atoms with E-state index in [9.17, 15) is 0 Å². The molecule has 0 saturated carbocycles. The lowest BCUT2D eigenvalue weighted by Crippen LogP contribution is -2.14. The van der Waals surface area contributed by atoms with Crippen LogP contribution in [0.4, 0.5) is 0 Å². The van der Waals surface area contributed by atoms with E-state index in [1.165, 1.54) is 32.1 Å². The van der Waals surface area contributed by atoms with Crippen LogP contribution in [0.3, 0.4) is 0 Å². The Hall–Kier alpha value is -0.0800. The average Bonchev–Trinajstić information content (AvgIpc) is 2.57. The molecule has 1 heterocycles. The van der Waals surface area contributed by atoms with E-state index >= 15 is 0 Å². The summed E-state index contributed by atoms with van der Waals surface area (Å²) in [6.45, 7) is 4.86. The Balaban J connectivity index is 1.81. The van der Waals surface area contributed by atoms with Gasteiger partial charge in [0.05, 0.1) is 12.7 Å². The second kappa shape index (κ2) is 6.44. The van der Waals surface area contributed by atoms with Crippen LogP contribution in [-0.4, -0.2) is 25.9 Å². The van der Waals surface area contributed by atoms with E-state index in [0.29, 0.717) is 6.10 Å². The first-order valence-corrected chi connectivity index (χ1v) is 5.13. The summed E-state index contributed by atoms with van der Waals surface area (Å²) in [6.07, 6.45) is 6.54. The van der Waals surface area contributed by atoms with Crippen LogP contribution in [0.15, 0.2) is 0 Å². The zero-order valence-electron chi connectivity index (χ0n) is 8.05. The quantitative estimate of drug-likeness (QED) is 0.573. The summed E-state index contributed by atoms with van der Waals surface area (Å²) < 4.78 is 10.9. The lowest BCUT2D eigenvalue weighted by Gasteiger charge is -2.09. The van der Waals surface area contributed by atoms with Crippen molar-refractivity contribution < 1.29 is 9.47 Å². The predicted octanol–water partition coefficient (Wildman–Crippen LogP) is 2.37. The van der Waals surface area contributed by atoms with Crippen LogP contribution in [0, 0.1) is 0 Å². The van der Waals surface area contributed by atoms with Gasteiger partial charge in [0.25, 0.3) is 0 Å². The van der Waals surface area contributed by atoms with Crippen LogP contribution in [0.5, 0.6) is 0 Å². The SMILES string of the molecule is CCCCCOCC1CCCO1. The van der Waals surface area contributed by atoms with Crippen molar-refractivity contribution in [3.05, 3.63) is 0 Å². The molecule has 1 fully saturated rings. The Labute approximate surface area is 75.2 Å². The van der Waals surface area contributed by atoms with E-state index in [1.54, 1.807) is 0 Å². The molecule has 1 saturated heterocycles. The minimum Gasteiger partial charge on any atom is -0.379 e. The van der Waals surface area contributed by atoms with E-state index in [4.69, 9.17) is 9.47 Å². The summed E-state index contributed by atoms with van der Waals surface area (Å²) in [6, 6.07) is 0. The number of ether oxygens (including phenoxy) is 2. The normalized spacial score (nSPS) is 23.2. The molecule has 0 aromatic heterocycles. The minimum absolute atomic E-state index is 0.395. The molecule has 2 heteroatoms. The molecule has 1 aliphatic heterocycles. The summed E-state index contributed by atoms with van der Waals surface area (Å²) in [7, 11) is 0. The summed E-state index contributed by atoms with van der Waals surface area (Å²) >= 11 is 0. The Bertz CT molecular complexity index is 98.0. The average molecular weight is 172 g/mol. The van der Waals surface area contributed by atoms with Crippen molar-refractivity contribution in [2.45, 2.75) is 45.1 Å². The maximum Gasteiger partial charge on any atom is 0.0809 e. The van der Waals surface area contributed by atoms with Crippen molar-refractivity contribution in [1.82, 2.24) is 0 Å². The maximum absolute atomic E-state index is 5.49. The van der Waals surface area contributed by atoms with Gasteiger partial charge in [0.2, 0.25) is 0 Å². The van der Waals surface area contributed by atoms with E-state index < -0.39 is 0 Å². The van der Waals surface area contributed by atoms with E-state index in [-0.39, 0.29) is 0 Å². The van der Waals surface area contributed by atoms with Gasteiger partial charge in [-0.1, -0.05) is 19.8 Å². The van der Waals surface area contributed by atoms with Gasteiger partial charge in [-0.2, -0.15) is 0 Å². The van der Waals surface area contributed by atoms with Crippen molar-refractivity contribution in [3.63, 3.8) is 0 Å². The van der Waals surface area contributed by atoms with Gasteiger partial charge in [-0.3, -0.25) is 0 Å². The summed E-state index contributed by atoms with van der Waals surface area (Å²) in [4.78, 5) is 0. The molecule has 0 radical (unpaired) electrons. The lowest BCUT2D eigenvalue weighted by atomic mass is 10.2. The molecule has 1 unspecified atom stereocenters. The number of hydrogen-bond donors (Lipinski definition) is 0. The molecule has 0 spiro atoms. The van der Waals surface area contributed by atoms with Gasteiger partial charge in [-0.15, -0.1) is 0 Å². The fraction of sp³-hybridized carbons (Fsp3) is 1.00. The third-order valence-corrected chi connectivity index (χ3v) is 2.22. The van der Waals surface area contributed by atoms with E-state index in [2.05, 4.69) is 6.92 Å². The first kappa shape index (κ1) is 10.0. The van der Waals surface area contributed by atoms with Crippen molar-refractivity contribution in [2.75, 3.05) is 19.8 Å². The molecule has 0 aromatic rings. The first-order valence-electron chi connectivity index (χ1n) is 5.13. The third kappa shape index (κ3) is 4.07. The van der Waals surface area contributed by atoms with Crippen molar-refractivity contribution in [1.29, 1.82) is 0 Å². The zero-order chi connectivity index (χ0) is 8.65. The molecular weight excluding hydrogens is 152 g/mol. The van der Waals surface area contributed by atoms with Crippen LogP contribution in [0.25, 0.3) is 0 Å². The fourth-order valence-electron chi connectivity index (χ4n) is 1.44. The Kier molecular flexibility index (Phi) is 5.37. The molecule has 0 N–H and O–H groups in total. The molecule has 0 amide bonds. The Morgan fingerprint density at radius 3 is 3.00 bits per heavy atom. The van der Waals surface area contributed by atoms with Gasteiger partial charge in [-0.05, 0) is 19.3 Å². The highest BCUT2D eigenvalue weighted by molar-refractivity contribution is 4.63. The molecule has 1 aliphatic rings. The minimum atomic E-state index is 0.395. The smallest absolute Gasteiger partial charge is 0.0809 e. The zero-order valence-corrected chi connectivity index (χ0v) is 8.05. The second-order valence-electron chi connectivity index (χ2n) is 3.42. The van der Waals surface area contributed by atoms with E-state index in [1.807, 2.05) is 0 Å². The molecule has 1 atom stereocenters. The molecule has 72 valence electrons. The summed E-state index contributed by atoms with van der Waals surface area (Å²) in [5.41, 5.74) is 0. The largest absolute Gasteiger partial charge is 0.379 e. The standard InChI is InChI=1S/C10H20O2/c1-2-3-4-7-11-9-10-6-5-8-12-10/h10H,2-9H2,1H3. The third-order valence-electron chi connectivity index (χ3n) is 2.22. The van der Waals surface area contributed by atoms with E-state index in [0.717, 1.165) is 19.8 Å². The number of rotatable bonds is 6. The monoisotopic (exact) mass is 172 g/mol. The van der Waals surface area contributed by atoms with Gasteiger partial charge >= 0.3 is 0 Å². The highest BCUT2D eigenvalue weighted by atomic mass is 16.5. The highest BCUT2D eigenvalue weighted by Crippen LogP contribution is 2.11. The molecule has 2 nitrogen and oxygen atoms in total. The molecule has 1 rings (SSSR count). The molecule has 12 heavy (non-hydrogen) atoms.